The molecule has 0 aliphatic heterocycles. The molecule has 0 aliphatic rings. The molecule has 4 aromatic heterocycles. The van der Waals surface area contributed by atoms with Gasteiger partial charge in [-0.2, -0.15) is 5.10 Å². The highest BCUT2D eigenvalue weighted by molar-refractivity contribution is 7.17. The van der Waals surface area contributed by atoms with Gasteiger partial charge >= 0.3 is 5.00 Å². The molecule has 11 heteroatoms. The van der Waals surface area contributed by atoms with Gasteiger partial charge in [0.15, 0.2) is 17.2 Å². The molecule has 0 aliphatic carbocycles. The third kappa shape index (κ3) is 3.42. The first-order valence-electron chi connectivity index (χ1n) is 9.01. The topological polar surface area (TPSA) is 129 Å². The Morgan fingerprint density at radius 2 is 1.94 bits per heavy atom. The van der Waals surface area contributed by atoms with E-state index in [4.69, 9.17) is 4.42 Å². The van der Waals surface area contributed by atoms with E-state index in [9.17, 15) is 14.9 Å². The third-order valence-electron chi connectivity index (χ3n) is 4.40. The molecule has 0 saturated carbocycles. The van der Waals surface area contributed by atoms with Crippen molar-refractivity contribution in [3.05, 3.63) is 82.0 Å². The summed E-state index contributed by atoms with van der Waals surface area (Å²) in [6.45, 7) is 0. The second-order valence-corrected chi connectivity index (χ2v) is 7.41. The van der Waals surface area contributed by atoms with E-state index in [1.807, 2.05) is 30.3 Å². The molecule has 0 spiro atoms. The van der Waals surface area contributed by atoms with E-state index in [-0.39, 0.29) is 21.5 Å². The molecule has 0 atom stereocenters. The first kappa shape index (κ1) is 18.6. The number of para-hydroxylation sites is 1. The van der Waals surface area contributed by atoms with Gasteiger partial charge in [0.05, 0.1) is 33.3 Å². The lowest BCUT2D eigenvalue weighted by Gasteiger charge is -2.08. The maximum Gasteiger partial charge on any atom is 0.324 e. The lowest BCUT2D eigenvalue weighted by Crippen LogP contribution is -2.12. The van der Waals surface area contributed by atoms with E-state index >= 15 is 0 Å². The number of thiophene rings is 1. The highest BCUT2D eigenvalue weighted by atomic mass is 32.1. The number of hydrogen-bond donors (Lipinski definition) is 1. The number of amides is 1. The molecule has 1 aromatic carbocycles. The minimum atomic E-state index is -0.538. The number of furan rings is 1. The van der Waals surface area contributed by atoms with E-state index in [0.29, 0.717) is 16.8 Å². The minimum absolute atomic E-state index is 0.119. The van der Waals surface area contributed by atoms with E-state index < -0.39 is 10.8 Å². The van der Waals surface area contributed by atoms with Crippen LogP contribution < -0.4 is 5.32 Å². The number of aromatic nitrogens is 4. The van der Waals surface area contributed by atoms with Crippen molar-refractivity contribution in [2.24, 2.45) is 0 Å². The number of nitro groups is 1. The van der Waals surface area contributed by atoms with Crippen molar-refractivity contribution in [1.29, 1.82) is 0 Å². The molecule has 0 radical (unpaired) electrons. The predicted octanol–water partition coefficient (Wildman–Crippen LogP) is 4.30. The van der Waals surface area contributed by atoms with Crippen molar-refractivity contribution in [2.45, 2.75) is 0 Å². The summed E-state index contributed by atoms with van der Waals surface area (Å²) in [6.07, 6.45) is 3.06. The summed E-state index contributed by atoms with van der Waals surface area (Å²) in [6, 6.07) is 15.5. The largest absolute Gasteiger partial charge is 0.461 e. The standard InChI is InChI=1S/C20H12N6O4S/c27-20(15-8-9-16(31-15)26(28)29)24-17-13-11-21-25(12-5-2-1-3-6-12)19(13)23-18(22-17)14-7-4-10-30-14/h1-11H,(H,22,23,24,27). The minimum Gasteiger partial charge on any atom is -0.461 e. The summed E-state index contributed by atoms with van der Waals surface area (Å²) in [5.74, 6) is 0.392. The van der Waals surface area contributed by atoms with Crippen LogP contribution in [0.25, 0.3) is 28.3 Å². The van der Waals surface area contributed by atoms with Gasteiger partial charge in [-0.15, -0.1) is 0 Å². The molecule has 0 bridgehead atoms. The van der Waals surface area contributed by atoms with Gasteiger partial charge in [-0.25, -0.2) is 14.6 Å². The molecule has 1 N–H and O–H groups in total. The Bertz CT molecular complexity index is 1410. The van der Waals surface area contributed by atoms with Gasteiger partial charge in [0.2, 0.25) is 0 Å². The fraction of sp³-hybridized carbons (Fsp3) is 0. The number of carbonyl (C=O) groups excluding carboxylic acids is 1. The van der Waals surface area contributed by atoms with Crippen LogP contribution in [0.4, 0.5) is 10.8 Å². The maximum absolute atomic E-state index is 12.7. The molecule has 31 heavy (non-hydrogen) atoms. The van der Waals surface area contributed by atoms with Gasteiger partial charge in [-0.3, -0.25) is 14.9 Å². The average Bonchev–Trinajstić information content (AvgIpc) is 3.54. The quantitative estimate of drug-likeness (QED) is 0.324. The molecule has 1 amide bonds. The summed E-state index contributed by atoms with van der Waals surface area (Å²) in [5, 5.41) is 18.4. The van der Waals surface area contributed by atoms with Crippen LogP contribution in [0, 0.1) is 10.1 Å². The summed E-state index contributed by atoms with van der Waals surface area (Å²) in [7, 11) is 0. The number of hydrogen-bond acceptors (Lipinski definition) is 8. The Balaban J connectivity index is 1.62. The van der Waals surface area contributed by atoms with Crippen molar-refractivity contribution < 1.29 is 14.1 Å². The summed E-state index contributed by atoms with van der Waals surface area (Å²) in [4.78, 5) is 32.3. The molecular formula is C20H12N6O4S. The molecule has 0 fully saturated rings. The SMILES string of the molecule is O=C(Nc1nc(-c2ccco2)nc2c1cnn2-c1ccccc1)c1ccc([N+](=O)[O-])s1. The zero-order valence-electron chi connectivity index (χ0n) is 15.6. The Morgan fingerprint density at radius 1 is 1.10 bits per heavy atom. The number of carbonyl (C=O) groups is 1. The Labute approximate surface area is 177 Å². The number of benzene rings is 1. The molecule has 10 nitrogen and oxygen atoms in total. The monoisotopic (exact) mass is 432 g/mol. The van der Waals surface area contributed by atoms with Gasteiger partial charge in [-0.05, 0) is 30.3 Å². The first-order valence-corrected chi connectivity index (χ1v) is 9.82. The fourth-order valence-electron chi connectivity index (χ4n) is 2.99. The number of anilines is 1. The molecule has 152 valence electrons. The first-order chi connectivity index (χ1) is 15.1. The van der Waals surface area contributed by atoms with E-state index in [2.05, 4.69) is 20.4 Å². The predicted molar refractivity (Wildman–Crippen MR) is 113 cm³/mol. The Kier molecular flexibility index (Phi) is 4.49. The lowest BCUT2D eigenvalue weighted by atomic mass is 10.3. The van der Waals surface area contributed by atoms with Crippen LogP contribution in [-0.2, 0) is 0 Å². The van der Waals surface area contributed by atoms with Crippen LogP contribution in [0.2, 0.25) is 0 Å². The van der Waals surface area contributed by atoms with Crippen LogP contribution in [0.15, 0.2) is 71.5 Å². The van der Waals surface area contributed by atoms with Gasteiger partial charge in [0.1, 0.15) is 5.82 Å². The average molecular weight is 432 g/mol. The summed E-state index contributed by atoms with van der Waals surface area (Å²) in [5.41, 5.74) is 1.26. The van der Waals surface area contributed by atoms with Crippen LogP contribution >= 0.6 is 11.3 Å². The van der Waals surface area contributed by atoms with E-state index in [1.165, 1.54) is 18.4 Å². The normalized spacial score (nSPS) is 11.0. The smallest absolute Gasteiger partial charge is 0.324 e. The van der Waals surface area contributed by atoms with Gasteiger partial charge in [-0.1, -0.05) is 29.5 Å². The second-order valence-electron chi connectivity index (χ2n) is 6.35. The van der Waals surface area contributed by atoms with Gasteiger partial charge < -0.3 is 9.73 Å². The molecule has 5 aromatic rings. The van der Waals surface area contributed by atoms with Gasteiger partial charge in [0, 0.05) is 6.07 Å². The molecule has 0 unspecified atom stereocenters. The molecular weight excluding hydrogens is 420 g/mol. The van der Waals surface area contributed by atoms with Crippen molar-refractivity contribution in [2.75, 3.05) is 5.32 Å². The molecule has 0 saturated heterocycles. The second kappa shape index (κ2) is 7.46. The fourth-order valence-corrected chi connectivity index (χ4v) is 3.71. The number of fused-ring (bicyclic) bond motifs is 1. The van der Waals surface area contributed by atoms with Crippen molar-refractivity contribution in [3.63, 3.8) is 0 Å². The number of rotatable bonds is 5. The van der Waals surface area contributed by atoms with Crippen LogP contribution in [-0.4, -0.2) is 30.6 Å². The zero-order valence-corrected chi connectivity index (χ0v) is 16.4. The van der Waals surface area contributed by atoms with Crippen molar-refractivity contribution >= 4 is 39.1 Å². The summed E-state index contributed by atoms with van der Waals surface area (Å²) >= 11 is 0.784. The maximum atomic E-state index is 12.7. The van der Waals surface area contributed by atoms with Crippen molar-refractivity contribution in [1.82, 2.24) is 19.7 Å². The summed E-state index contributed by atoms with van der Waals surface area (Å²) < 4.78 is 7.06. The Hall–Kier alpha value is -4.38. The zero-order chi connectivity index (χ0) is 21.4. The molecule has 5 rings (SSSR count). The van der Waals surface area contributed by atoms with E-state index in [1.54, 1.807) is 23.0 Å². The van der Waals surface area contributed by atoms with Crippen LogP contribution in [0.5, 0.6) is 0 Å². The van der Waals surface area contributed by atoms with Crippen LogP contribution in [0.1, 0.15) is 9.67 Å². The molecule has 4 heterocycles. The van der Waals surface area contributed by atoms with Crippen LogP contribution in [0.3, 0.4) is 0 Å². The van der Waals surface area contributed by atoms with E-state index in [0.717, 1.165) is 17.0 Å². The van der Waals surface area contributed by atoms with Crippen molar-refractivity contribution in [3.8, 4) is 17.3 Å². The Morgan fingerprint density at radius 3 is 2.65 bits per heavy atom. The number of nitrogens with zero attached hydrogens (tertiary/aromatic N) is 5. The highest BCUT2D eigenvalue weighted by Crippen LogP contribution is 2.29. The third-order valence-corrected chi connectivity index (χ3v) is 5.43. The van der Waals surface area contributed by atoms with Gasteiger partial charge in [0.25, 0.3) is 5.91 Å². The lowest BCUT2D eigenvalue weighted by molar-refractivity contribution is -0.380. The number of nitrogens with one attached hydrogen (secondary N) is 1. The highest BCUT2D eigenvalue weighted by Gasteiger charge is 2.20.